The summed E-state index contributed by atoms with van der Waals surface area (Å²) in [6, 6.07) is 8.31. The minimum absolute atomic E-state index is 0.0232. The van der Waals surface area contributed by atoms with Gasteiger partial charge in [-0.15, -0.1) is 0 Å². The van der Waals surface area contributed by atoms with E-state index in [-0.39, 0.29) is 39.2 Å². The second kappa shape index (κ2) is 9.90. The number of carboxylic acid groups (broad SMARTS) is 1. The molecule has 4 nitrogen and oxygen atoms in total. The predicted octanol–water partition coefficient (Wildman–Crippen LogP) is 6.58. The first-order valence-corrected chi connectivity index (χ1v) is 9.86. The molecule has 10 heteroatoms. The highest BCUT2D eigenvalue weighted by Gasteiger charge is 2.45. The minimum Gasteiger partial charge on any atom is -0.481 e. The highest BCUT2D eigenvalue weighted by Crippen LogP contribution is 2.40. The molecule has 0 aliphatic carbocycles. The Kier molecular flexibility index (Phi) is 8.02. The Bertz CT molecular complexity index is 951. The second-order valence-corrected chi connectivity index (χ2v) is 7.90. The van der Waals surface area contributed by atoms with E-state index in [1.165, 1.54) is 30.3 Å². The summed E-state index contributed by atoms with van der Waals surface area (Å²) < 4.78 is 40.4. The maximum absolute atomic E-state index is 13.5. The van der Waals surface area contributed by atoms with Gasteiger partial charge in [-0.25, -0.2) is 0 Å². The van der Waals surface area contributed by atoms with Gasteiger partial charge in [-0.05, 0) is 41.8 Å². The largest absolute Gasteiger partial charge is 0.481 e. The van der Waals surface area contributed by atoms with Crippen LogP contribution in [0, 0.1) is 5.92 Å². The summed E-state index contributed by atoms with van der Waals surface area (Å²) in [6.45, 7) is 0.900. The van der Waals surface area contributed by atoms with Crippen LogP contribution < -0.4 is 5.32 Å². The van der Waals surface area contributed by atoms with Gasteiger partial charge in [0.1, 0.15) is 0 Å². The van der Waals surface area contributed by atoms with Crippen molar-refractivity contribution >= 4 is 52.4 Å². The number of aliphatic carboxylic acids is 1. The first kappa shape index (κ1) is 24.3. The number of carbonyl (C=O) groups is 2. The van der Waals surface area contributed by atoms with Gasteiger partial charge in [0.15, 0.2) is 0 Å². The number of halogens is 6. The van der Waals surface area contributed by atoms with Gasteiger partial charge in [0.05, 0.1) is 32.6 Å². The van der Waals surface area contributed by atoms with Crippen molar-refractivity contribution in [2.45, 2.75) is 31.9 Å². The maximum Gasteiger partial charge on any atom is 0.392 e. The monoisotopic (exact) mass is 481 g/mol. The average molecular weight is 483 g/mol. The Labute approximate surface area is 185 Å². The van der Waals surface area contributed by atoms with Gasteiger partial charge in [0, 0.05) is 6.42 Å². The van der Waals surface area contributed by atoms with Gasteiger partial charge in [-0.3, -0.25) is 9.59 Å². The van der Waals surface area contributed by atoms with Gasteiger partial charge in [-0.1, -0.05) is 53.9 Å². The highest BCUT2D eigenvalue weighted by molar-refractivity contribution is 6.42. The third-order valence-electron chi connectivity index (χ3n) is 4.52. The van der Waals surface area contributed by atoms with Gasteiger partial charge in [-0.2, -0.15) is 13.2 Å². The van der Waals surface area contributed by atoms with E-state index in [9.17, 15) is 22.8 Å². The number of rotatable bonds is 7. The van der Waals surface area contributed by atoms with Crippen LogP contribution in [0.1, 0.15) is 30.4 Å². The van der Waals surface area contributed by atoms with Crippen molar-refractivity contribution in [2.24, 2.45) is 5.92 Å². The molecule has 2 N–H and O–H groups in total. The number of aryl methyl sites for hydroxylation is 1. The van der Waals surface area contributed by atoms with Gasteiger partial charge in [0.2, 0.25) is 5.91 Å². The van der Waals surface area contributed by atoms with Crippen molar-refractivity contribution in [3.05, 3.63) is 62.6 Å². The zero-order valence-corrected chi connectivity index (χ0v) is 17.8. The van der Waals surface area contributed by atoms with E-state index in [2.05, 4.69) is 5.32 Å². The summed E-state index contributed by atoms with van der Waals surface area (Å²) in [5, 5.41) is 11.5. The fourth-order valence-corrected chi connectivity index (χ4v) is 3.32. The Morgan fingerprint density at radius 2 is 1.67 bits per heavy atom. The molecule has 2 aromatic carbocycles. The van der Waals surface area contributed by atoms with Gasteiger partial charge in [0.25, 0.3) is 0 Å². The summed E-state index contributed by atoms with van der Waals surface area (Å²) in [5.74, 6) is -5.58. The zero-order valence-electron chi connectivity index (χ0n) is 15.6. The lowest BCUT2D eigenvalue weighted by atomic mass is 9.85. The van der Waals surface area contributed by atoms with Crippen LogP contribution in [0.5, 0.6) is 0 Å². The van der Waals surface area contributed by atoms with Crippen molar-refractivity contribution in [1.29, 1.82) is 0 Å². The molecule has 162 valence electrons. The molecule has 0 heterocycles. The summed E-state index contributed by atoms with van der Waals surface area (Å²) in [5.41, 5.74) is 0.695. The predicted molar refractivity (Wildman–Crippen MR) is 110 cm³/mol. The molecule has 2 rings (SSSR count). The lowest BCUT2D eigenvalue weighted by Crippen LogP contribution is -2.34. The van der Waals surface area contributed by atoms with Crippen LogP contribution in [0.25, 0.3) is 0 Å². The Morgan fingerprint density at radius 3 is 2.23 bits per heavy atom. The van der Waals surface area contributed by atoms with E-state index in [0.29, 0.717) is 5.56 Å². The van der Waals surface area contributed by atoms with E-state index in [1.54, 1.807) is 6.07 Å². The SMILES string of the molecule is C[C@H]([C@H](C(=O)Nc1cc(CCC(=O)O)ccc1Cl)c1ccc(Cl)c(Cl)c1)C(F)(F)F. The lowest BCUT2D eigenvalue weighted by Gasteiger charge is -2.26. The van der Waals surface area contributed by atoms with Crippen molar-refractivity contribution in [3.63, 3.8) is 0 Å². The normalized spacial score (nSPS) is 13.6. The number of carboxylic acids is 1. The zero-order chi connectivity index (χ0) is 22.6. The van der Waals surface area contributed by atoms with Crippen molar-refractivity contribution in [3.8, 4) is 0 Å². The third kappa shape index (κ3) is 6.27. The average Bonchev–Trinajstić information content (AvgIpc) is 2.64. The molecule has 0 bridgehead atoms. The van der Waals surface area contributed by atoms with E-state index >= 15 is 0 Å². The second-order valence-electron chi connectivity index (χ2n) is 6.68. The molecule has 0 saturated heterocycles. The number of hydrogen-bond acceptors (Lipinski definition) is 2. The van der Waals surface area contributed by atoms with Crippen LogP contribution in [0.3, 0.4) is 0 Å². The molecule has 0 unspecified atom stereocenters. The highest BCUT2D eigenvalue weighted by atomic mass is 35.5. The summed E-state index contributed by atoms with van der Waals surface area (Å²) in [7, 11) is 0. The van der Waals surface area contributed by atoms with E-state index in [0.717, 1.165) is 6.92 Å². The van der Waals surface area contributed by atoms with E-state index in [4.69, 9.17) is 39.9 Å². The molecule has 2 aromatic rings. The molecule has 0 radical (unpaired) electrons. The minimum atomic E-state index is -4.65. The van der Waals surface area contributed by atoms with Crippen LogP contribution in [0.4, 0.5) is 18.9 Å². The van der Waals surface area contributed by atoms with Crippen LogP contribution in [-0.4, -0.2) is 23.2 Å². The quantitative estimate of drug-likeness (QED) is 0.468. The number of hydrogen-bond donors (Lipinski definition) is 2. The van der Waals surface area contributed by atoms with Crippen LogP contribution >= 0.6 is 34.8 Å². The molecule has 0 fully saturated rings. The fraction of sp³-hybridized carbons (Fsp3) is 0.300. The molecule has 0 aromatic heterocycles. The molecule has 30 heavy (non-hydrogen) atoms. The van der Waals surface area contributed by atoms with Crippen molar-refractivity contribution in [1.82, 2.24) is 0 Å². The fourth-order valence-electron chi connectivity index (χ4n) is 2.85. The third-order valence-corrected chi connectivity index (χ3v) is 5.59. The number of anilines is 1. The Morgan fingerprint density at radius 1 is 1.03 bits per heavy atom. The van der Waals surface area contributed by atoms with Crippen LogP contribution in [0.15, 0.2) is 36.4 Å². The number of amides is 1. The molecule has 1 amide bonds. The molecular formula is C20H17Cl3F3NO3. The molecule has 0 spiro atoms. The maximum atomic E-state index is 13.5. The van der Waals surface area contributed by atoms with Gasteiger partial charge < -0.3 is 10.4 Å². The molecule has 2 atom stereocenters. The topological polar surface area (TPSA) is 66.4 Å². The summed E-state index contributed by atoms with van der Waals surface area (Å²) >= 11 is 17.9. The van der Waals surface area contributed by atoms with Gasteiger partial charge >= 0.3 is 12.1 Å². The van der Waals surface area contributed by atoms with Crippen molar-refractivity contribution in [2.75, 3.05) is 5.32 Å². The Hall–Kier alpha value is -1.96. The lowest BCUT2D eigenvalue weighted by molar-refractivity contribution is -0.178. The van der Waals surface area contributed by atoms with E-state index in [1.807, 2.05) is 0 Å². The first-order chi connectivity index (χ1) is 13.9. The smallest absolute Gasteiger partial charge is 0.392 e. The first-order valence-electron chi connectivity index (χ1n) is 8.73. The van der Waals surface area contributed by atoms with Crippen LogP contribution in [-0.2, 0) is 16.0 Å². The number of nitrogens with one attached hydrogen (secondary N) is 1. The molecular weight excluding hydrogens is 466 g/mol. The molecule has 0 aliphatic rings. The molecule has 0 saturated carbocycles. The summed E-state index contributed by atoms with van der Waals surface area (Å²) in [4.78, 5) is 23.6. The Balaban J connectivity index is 2.38. The number of benzene rings is 2. The standard InChI is InChI=1S/C20H17Cl3F3NO3/c1-10(20(24,25)26)18(12-4-6-13(21)15(23)9-12)19(30)27-16-8-11(2-5-14(16)22)3-7-17(28)29/h2,4-6,8-10,18H,3,7H2,1H3,(H,27,30)(H,28,29)/t10-,18+/m1/s1. The summed E-state index contributed by atoms with van der Waals surface area (Å²) in [6.07, 6.45) is -4.63. The molecule has 0 aliphatic heterocycles. The number of alkyl halides is 3. The van der Waals surface area contributed by atoms with E-state index < -0.39 is 29.9 Å². The van der Waals surface area contributed by atoms with Crippen molar-refractivity contribution < 1.29 is 27.9 Å². The number of carbonyl (C=O) groups excluding carboxylic acids is 1. The van der Waals surface area contributed by atoms with Crippen LogP contribution in [0.2, 0.25) is 15.1 Å².